The van der Waals surface area contributed by atoms with Gasteiger partial charge < -0.3 is 10.1 Å². The Balaban J connectivity index is 3.49. The Kier molecular flexibility index (Phi) is 8.05. The van der Waals surface area contributed by atoms with Crippen LogP contribution >= 0.6 is 0 Å². The molecule has 0 spiro atoms. The molecule has 0 saturated carbocycles. The minimum Gasteiger partial charge on any atom is -0.377 e. The SMILES string of the molecule is C=C(C)CCOC(CCC)CNC. The first-order valence-electron chi connectivity index (χ1n) is 5.11. The van der Waals surface area contributed by atoms with E-state index in [1.165, 1.54) is 12.0 Å². The average molecular weight is 185 g/mol. The van der Waals surface area contributed by atoms with Gasteiger partial charge in [-0.2, -0.15) is 0 Å². The van der Waals surface area contributed by atoms with Crippen LogP contribution in [0.15, 0.2) is 12.2 Å². The Bertz CT molecular complexity index is 128. The number of hydrogen-bond donors (Lipinski definition) is 1. The third-order valence-corrected chi connectivity index (χ3v) is 1.92. The molecule has 78 valence electrons. The number of nitrogens with one attached hydrogen (secondary N) is 1. The van der Waals surface area contributed by atoms with Gasteiger partial charge in [0.05, 0.1) is 12.7 Å². The normalized spacial score (nSPS) is 12.8. The van der Waals surface area contributed by atoms with E-state index in [-0.39, 0.29) is 0 Å². The fourth-order valence-corrected chi connectivity index (χ4v) is 1.19. The van der Waals surface area contributed by atoms with Crippen LogP contribution in [0.1, 0.15) is 33.1 Å². The molecule has 0 aliphatic heterocycles. The summed E-state index contributed by atoms with van der Waals surface area (Å²) in [6.07, 6.45) is 3.66. The van der Waals surface area contributed by atoms with Crippen molar-refractivity contribution in [2.45, 2.75) is 39.2 Å². The van der Waals surface area contributed by atoms with E-state index in [2.05, 4.69) is 18.8 Å². The number of hydrogen-bond acceptors (Lipinski definition) is 2. The van der Waals surface area contributed by atoms with Gasteiger partial charge in [-0.25, -0.2) is 0 Å². The van der Waals surface area contributed by atoms with Crippen LogP contribution in [0.4, 0.5) is 0 Å². The maximum atomic E-state index is 5.71. The maximum Gasteiger partial charge on any atom is 0.0699 e. The van der Waals surface area contributed by atoms with E-state index in [9.17, 15) is 0 Å². The Morgan fingerprint density at radius 1 is 1.54 bits per heavy atom. The topological polar surface area (TPSA) is 21.3 Å². The van der Waals surface area contributed by atoms with Crippen molar-refractivity contribution in [3.63, 3.8) is 0 Å². The van der Waals surface area contributed by atoms with Gasteiger partial charge in [0.1, 0.15) is 0 Å². The van der Waals surface area contributed by atoms with Gasteiger partial charge in [0.15, 0.2) is 0 Å². The summed E-state index contributed by atoms with van der Waals surface area (Å²) in [4.78, 5) is 0. The highest BCUT2D eigenvalue weighted by molar-refractivity contribution is 4.87. The summed E-state index contributed by atoms with van der Waals surface area (Å²) in [5.41, 5.74) is 1.19. The molecule has 1 unspecified atom stereocenters. The summed E-state index contributed by atoms with van der Waals surface area (Å²) in [6.45, 7) is 9.83. The quantitative estimate of drug-likeness (QED) is 0.586. The van der Waals surface area contributed by atoms with Gasteiger partial charge in [0.25, 0.3) is 0 Å². The lowest BCUT2D eigenvalue weighted by Crippen LogP contribution is -2.26. The zero-order chi connectivity index (χ0) is 10.1. The van der Waals surface area contributed by atoms with Crippen LogP contribution in [-0.2, 0) is 4.74 Å². The fraction of sp³-hybridized carbons (Fsp3) is 0.818. The van der Waals surface area contributed by atoms with Crippen LogP contribution in [0.25, 0.3) is 0 Å². The molecule has 1 N–H and O–H groups in total. The van der Waals surface area contributed by atoms with Crippen LogP contribution in [0.3, 0.4) is 0 Å². The van der Waals surface area contributed by atoms with Gasteiger partial charge in [0, 0.05) is 6.54 Å². The standard InChI is InChI=1S/C11H23NO/c1-5-6-11(9-12-4)13-8-7-10(2)3/h11-12H,2,5-9H2,1,3-4H3. The van der Waals surface area contributed by atoms with Crippen LogP contribution < -0.4 is 5.32 Å². The van der Waals surface area contributed by atoms with Crippen LogP contribution in [0.5, 0.6) is 0 Å². The summed E-state index contributed by atoms with van der Waals surface area (Å²) in [5, 5.41) is 3.14. The highest BCUT2D eigenvalue weighted by Crippen LogP contribution is 2.03. The third kappa shape index (κ3) is 8.00. The second-order valence-electron chi connectivity index (χ2n) is 3.55. The zero-order valence-electron chi connectivity index (χ0n) is 9.23. The van der Waals surface area contributed by atoms with Crippen molar-refractivity contribution in [3.05, 3.63) is 12.2 Å². The van der Waals surface area contributed by atoms with E-state index in [1.807, 2.05) is 14.0 Å². The van der Waals surface area contributed by atoms with Gasteiger partial charge in [-0.3, -0.25) is 0 Å². The second kappa shape index (κ2) is 8.27. The molecule has 13 heavy (non-hydrogen) atoms. The van der Waals surface area contributed by atoms with E-state index in [4.69, 9.17) is 4.74 Å². The average Bonchev–Trinajstić information content (AvgIpc) is 2.04. The molecule has 0 aromatic carbocycles. The second-order valence-corrected chi connectivity index (χ2v) is 3.55. The highest BCUT2D eigenvalue weighted by atomic mass is 16.5. The predicted molar refractivity (Wildman–Crippen MR) is 58.0 cm³/mol. The Morgan fingerprint density at radius 3 is 2.69 bits per heavy atom. The summed E-state index contributed by atoms with van der Waals surface area (Å²) >= 11 is 0. The molecule has 0 saturated heterocycles. The molecular formula is C11H23NO. The predicted octanol–water partition coefficient (Wildman–Crippen LogP) is 2.36. The Labute approximate surface area is 82.4 Å². The number of rotatable bonds is 8. The van der Waals surface area contributed by atoms with Gasteiger partial charge >= 0.3 is 0 Å². The lowest BCUT2D eigenvalue weighted by Gasteiger charge is -2.16. The molecule has 2 heteroatoms. The van der Waals surface area contributed by atoms with Crippen molar-refractivity contribution in [2.75, 3.05) is 20.2 Å². The minimum absolute atomic E-state index is 0.370. The summed E-state index contributed by atoms with van der Waals surface area (Å²) < 4.78 is 5.71. The van der Waals surface area contributed by atoms with Gasteiger partial charge in [-0.15, -0.1) is 6.58 Å². The van der Waals surface area contributed by atoms with Gasteiger partial charge in [-0.1, -0.05) is 18.9 Å². The molecule has 0 aromatic rings. The molecule has 0 fully saturated rings. The number of ether oxygens (including phenoxy) is 1. The molecule has 1 atom stereocenters. The summed E-state index contributed by atoms with van der Waals surface area (Å²) in [5.74, 6) is 0. The van der Waals surface area contributed by atoms with Crippen molar-refractivity contribution < 1.29 is 4.74 Å². The lowest BCUT2D eigenvalue weighted by atomic mass is 10.2. The van der Waals surface area contributed by atoms with E-state index in [1.54, 1.807) is 0 Å². The van der Waals surface area contributed by atoms with Crippen LogP contribution in [0, 0.1) is 0 Å². The van der Waals surface area contributed by atoms with E-state index in [0.29, 0.717) is 6.10 Å². The largest absolute Gasteiger partial charge is 0.377 e. The smallest absolute Gasteiger partial charge is 0.0699 e. The molecule has 0 aromatic heterocycles. The number of likely N-dealkylation sites (N-methyl/N-ethyl adjacent to an activating group) is 1. The maximum absolute atomic E-state index is 5.71. The third-order valence-electron chi connectivity index (χ3n) is 1.92. The molecule has 0 rings (SSSR count). The van der Waals surface area contributed by atoms with Gasteiger partial charge in [0.2, 0.25) is 0 Å². The molecule has 2 nitrogen and oxygen atoms in total. The van der Waals surface area contributed by atoms with Crippen molar-refractivity contribution in [1.29, 1.82) is 0 Å². The minimum atomic E-state index is 0.370. The first kappa shape index (κ1) is 12.7. The fourth-order valence-electron chi connectivity index (χ4n) is 1.19. The lowest BCUT2D eigenvalue weighted by molar-refractivity contribution is 0.0504. The first-order chi connectivity index (χ1) is 6.20. The first-order valence-corrected chi connectivity index (χ1v) is 5.11. The van der Waals surface area contributed by atoms with Crippen molar-refractivity contribution in [3.8, 4) is 0 Å². The van der Waals surface area contributed by atoms with Crippen LogP contribution in [0.2, 0.25) is 0 Å². The molecule has 0 heterocycles. The van der Waals surface area contributed by atoms with Gasteiger partial charge in [-0.05, 0) is 26.8 Å². The van der Waals surface area contributed by atoms with Crippen molar-refractivity contribution in [1.82, 2.24) is 5.32 Å². The zero-order valence-corrected chi connectivity index (χ0v) is 9.23. The Hall–Kier alpha value is -0.340. The van der Waals surface area contributed by atoms with Crippen molar-refractivity contribution >= 4 is 0 Å². The Morgan fingerprint density at radius 2 is 2.23 bits per heavy atom. The molecule has 0 aliphatic carbocycles. The summed E-state index contributed by atoms with van der Waals surface area (Å²) in [6, 6.07) is 0. The molecular weight excluding hydrogens is 162 g/mol. The van der Waals surface area contributed by atoms with Crippen LogP contribution in [-0.4, -0.2) is 26.3 Å². The highest BCUT2D eigenvalue weighted by Gasteiger charge is 2.05. The molecule has 0 aliphatic rings. The summed E-state index contributed by atoms with van der Waals surface area (Å²) in [7, 11) is 1.96. The van der Waals surface area contributed by atoms with Crippen molar-refractivity contribution in [2.24, 2.45) is 0 Å². The molecule has 0 amide bonds. The van der Waals surface area contributed by atoms with E-state index >= 15 is 0 Å². The van der Waals surface area contributed by atoms with E-state index < -0.39 is 0 Å². The molecule has 0 bridgehead atoms. The monoisotopic (exact) mass is 185 g/mol. The molecule has 0 radical (unpaired) electrons. The van der Waals surface area contributed by atoms with E-state index in [0.717, 1.165) is 26.0 Å².